The predicted molar refractivity (Wildman–Crippen MR) is 121 cm³/mol. The zero-order valence-corrected chi connectivity index (χ0v) is 19.1. The zero-order chi connectivity index (χ0) is 20.9. The summed E-state index contributed by atoms with van der Waals surface area (Å²) in [6.07, 6.45) is 2.56. The number of rotatable bonds is 8. The highest BCUT2D eigenvalue weighted by atomic mass is 35.5. The van der Waals surface area contributed by atoms with Gasteiger partial charge in [0.05, 0.1) is 17.4 Å². The maximum atomic E-state index is 13.1. The summed E-state index contributed by atoms with van der Waals surface area (Å²) < 4.78 is 26.4. The minimum absolute atomic E-state index is 0. The predicted octanol–water partition coefficient (Wildman–Crippen LogP) is 2.85. The van der Waals surface area contributed by atoms with Crippen molar-refractivity contribution < 1.29 is 13.2 Å². The van der Waals surface area contributed by atoms with Crippen molar-refractivity contribution in [1.29, 1.82) is 0 Å². The molecule has 1 N–H and O–H groups in total. The van der Waals surface area contributed by atoms with Gasteiger partial charge in [0.25, 0.3) is 0 Å². The molecule has 1 atom stereocenters. The fraction of sp³-hybridized carbons (Fsp3) is 0.409. The number of sulfonamides is 1. The van der Waals surface area contributed by atoms with Gasteiger partial charge in [0, 0.05) is 13.6 Å². The quantitative estimate of drug-likeness (QED) is 0.670. The molecular weight excluding hydrogens is 422 g/mol. The molecule has 0 radical (unpaired) electrons. The topological polar surface area (TPSA) is 69.7 Å². The summed E-state index contributed by atoms with van der Waals surface area (Å²) in [5, 5.41) is 0. The Balaban J connectivity index is 0.00000320. The largest absolute Gasteiger partial charge is 0.337 e. The van der Waals surface area contributed by atoms with Crippen LogP contribution in [0.2, 0.25) is 0 Å². The van der Waals surface area contributed by atoms with Gasteiger partial charge in [-0.1, -0.05) is 42.5 Å². The van der Waals surface area contributed by atoms with Crippen molar-refractivity contribution >= 4 is 28.3 Å². The van der Waals surface area contributed by atoms with Gasteiger partial charge in [-0.25, -0.2) is 13.1 Å². The molecule has 1 heterocycles. The molecule has 1 saturated heterocycles. The normalized spacial score (nSPS) is 15.4. The number of likely N-dealkylation sites (tertiary alicyclic amines) is 1. The Morgan fingerprint density at radius 3 is 2.40 bits per heavy atom. The first-order valence-electron chi connectivity index (χ1n) is 9.96. The molecule has 1 aliphatic rings. The van der Waals surface area contributed by atoms with Gasteiger partial charge >= 0.3 is 0 Å². The molecule has 0 aliphatic carbocycles. The van der Waals surface area contributed by atoms with Crippen LogP contribution in [-0.4, -0.2) is 57.9 Å². The molecule has 1 aliphatic heterocycles. The Bertz CT molecular complexity index is 932. The average molecular weight is 452 g/mol. The minimum atomic E-state index is -3.53. The molecule has 2 aromatic rings. The van der Waals surface area contributed by atoms with E-state index in [2.05, 4.69) is 21.8 Å². The van der Waals surface area contributed by atoms with Crippen molar-refractivity contribution in [3.05, 3.63) is 65.7 Å². The molecule has 1 amide bonds. The zero-order valence-electron chi connectivity index (χ0n) is 17.5. The molecule has 0 spiro atoms. The molecule has 0 aromatic heterocycles. The van der Waals surface area contributed by atoms with E-state index in [0.29, 0.717) is 5.56 Å². The number of halogens is 1. The number of amides is 1. The molecule has 1 fully saturated rings. The minimum Gasteiger partial charge on any atom is -0.337 e. The third-order valence-corrected chi connectivity index (χ3v) is 6.92. The summed E-state index contributed by atoms with van der Waals surface area (Å²) in [6.45, 7) is 2.94. The Kier molecular flexibility index (Phi) is 8.85. The summed E-state index contributed by atoms with van der Waals surface area (Å²) in [6, 6.07) is 16.6. The van der Waals surface area contributed by atoms with Gasteiger partial charge < -0.3 is 9.80 Å². The number of nitrogens with one attached hydrogen (secondary N) is 1. The van der Waals surface area contributed by atoms with Crippen LogP contribution in [-0.2, 0) is 21.2 Å². The van der Waals surface area contributed by atoms with Crippen molar-refractivity contribution in [3.8, 4) is 0 Å². The fourth-order valence-electron chi connectivity index (χ4n) is 3.75. The van der Waals surface area contributed by atoms with Gasteiger partial charge in [0.15, 0.2) is 0 Å². The first-order chi connectivity index (χ1) is 13.9. The average Bonchev–Trinajstić information content (AvgIpc) is 3.25. The number of carbonyl (C=O) groups is 1. The van der Waals surface area contributed by atoms with E-state index in [1.807, 2.05) is 25.2 Å². The van der Waals surface area contributed by atoms with Gasteiger partial charge in [0.1, 0.15) is 0 Å². The highest BCUT2D eigenvalue weighted by Crippen LogP contribution is 2.24. The summed E-state index contributed by atoms with van der Waals surface area (Å²) in [4.78, 5) is 17.4. The second-order valence-corrected chi connectivity index (χ2v) is 9.36. The van der Waals surface area contributed by atoms with Crippen molar-refractivity contribution in [2.24, 2.45) is 0 Å². The van der Waals surface area contributed by atoms with Gasteiger partial charge in [-0.05, 0) is 56.2 Å². The van der Waals surface area contributed by atoms with Crippen LogP contribution in [0.3, 0.4) is 0 Å². The molecule has 6 nitrogen and oxygen atoms in total. The van der Waals surface area contributed by atoms with Crippen LogP contribution < -0.4 is 4.72 Å². The smallest absolute Gasteiger partial charge is 0.240 e. The van der Waals surface area contributed by atoms with Crippen LogP contribution in [0.1, 0.15) is 30.0 Å². The fourth-order valence-corrected chi connectivity index (χ4v) is 4.55. The Morgan fingerprint density at radius 2 is 1.77 bits per heavy atom. The van der Waals surface area contributed by atoms with E-state index >= 15 is 0 Å². The maximum absolute atomic E-state index is 13.1. The van der Waals surface area contributed by atoms with Crippen molar-refractivity contribution in [3.63, 3.8) is 0 Å². The van der Waals surface area contributed by atoms with Crippen LogP contribution in [0.15, 0.2) is 59.5 Å². The molecule has 0 bridgehead atoms. The number of nitrogens with zero attached hydrogens (tertiary/aromatic N) is 2. The van der Waals surface area contributed by atoms with E-state index in [9.17, 15) is 13.2 Å². The van der Waals surface area contributed by atoms with Gasteiger partial charge in [-0.15, -0.1) is 12.4 Å². The molecular formula is C22H30ClN3O3S. The lowest BCUT2D eigenvalue weighted by Crippen LogP contribution is -2.39. The van der Waals surface area contributed by atoms with Crippen molar-refractivity contribution in [2.45, 2.75) is 30.2 Å². The first kappa shape index (κ1) is 24.3. The molecule has 0 saturated carbocycles. The third-order valence-electron chi connectivity index (χ3n) is 5.51. The van der Waals surface area contributed by atoms with E-state index in [0.717, 1.165) is 25.2 Å². The summed E-state index contributed by atoms with van der Waals surface area (Å²) in [5.74, 6) is -0.0305. The van der Waals surface area contributed by atoms with E-state index < -0.39 is 10.0 Å². The second-order valence-electron chi connectivity index (χ2n) is 7.47. The van der Waals surface area contributed by atoms with E-state index in [4.69, 9.17) is 0 Å². The van der Waals surface area contributed by atoms with Gasteiger partial charge in [-0.2, -0.15) is 0 Å². The van der Waals surface area contributed by atoms with E-state index in [1.54, 1.807) is 23.1 Å². The van der Waals surface area contributed by atoms with Crippen LogP contribution in [0.5, 0.6) is 0 Å². The van der Waals surface area contributed by atoms with Crippen molar-refractivity contribution in [1.82, 2.24) is 14.5 Å². The van der Waals surface area contributed by atoms with Crippen LogP contribution >= 0.6 is 12.4 Å². The number of benzene rings is 2. The summed E-state index contributed by atoms with van der Waals surface area (Å²) in [5.41, 5.74) is 1.80. The lowest BCUT2D eigenvalue weighted by molar-refractivity contribution is -0.131. The standard InChI is InChI=1S/C22H29N3O3S.ClH/c1-23-29(27,28)20-12-8-9-18(15-20)16-22(26)24(2)21(17-25-13-6-7-14-25)19-10-4-3-5-11-19;/h3-5,8-12,15,21,23H,6-7,13-14,16-17H2,1-2H3;1H. The molecule has 8 heteroatoms. The number of carbonyl (C=O) groups excluding carboxylic acids is 1. The van der Waals surface area contributed by atoms with Crippen LogP contribution in [0.4, 0.5) is 0 Å². The molecule has 164 valence electrons. The van der Waals surface area contributed by atoms with E-state index in [1.165, 1.54) is 26.0 Å². The number of hydrogen-bond donors (Lipinski definition) is 1. The lowest BCUT2D eigenvalue weighted by Gasteiger charge is -2.32. The Morgan fingerprint density at radius 1 is 1.10 bits per heavy atom. The first-order valence-corrected chi connectivity index (χ1v) is 11.4. The molecule has 3 rings (SSSR count). The Labute approximate surface area is 185 Å². The van der Waals surface area contributed by atoms with Crippen LogP contribution in [0, 0.1) is 0 Å². The highest BCUT2D eigenvalue weighted by Gasteiger charge is 2.25. The summed E-state index contributed by atoms with van der Waals surface area (Å²) >= 11 is 0. The lowest BCUT2D eigenvalue weighted by atomic mass is 10.0. The summed E-state index contributed by atoms with van der Waals surface area (Å²) in [7, 11) is -0.317. The maximum Gasteiger partial charge on any atom is 0.240 e. The monoisotopic (exact) mass is 451 g/mol. The SMILES string of the molecule is CNS(=O)(=O)c1cccc(CC(=O)N(C)C(CN2CCCC2)c2ccccc2)c1.Cl. The molecule has 30 heavy (non-hydrogen) atoms. The van der Waals surface area contributed by atoms with Gasteiger partial charge in [0.2, 0.25) is 15.9 Å². The second kappa shape index (κ2) is 10.9. The van der Waals surface area contributed by atoms with Gasteiger partial charge in [-0.3, -0.25) is 4.79 Å². The third kappa shape index (κ3) is 6.04. The van der Waals surface area contributed by atoms with Crippen LogP contribution in [0.25, 0.3) is 0 Å². The number of hydrogen-bond acceptors (Lipinski definition) is 4. The highest BCUT2D eigenvalue weighted by molar-refractivity contribution is 7.89. The Hall–Kier alpha value is -1.93. The molecule has 1 unspecified atom stereocenters. The number of likely N-dealkylation sites (N-methyl/N-ethyl adjacent to an activating group) is 1. The molecule has 2 aromatic carbocycles. The van der Waals surface area contributed by atoms with E-state index in [-0.39, 0.29) is 35.7 Å². The van der Waals surface area contributed by atoms with Crippen molar-refractivity contribution in [2.75, 3.05) is 33.7 Å².